The number of hydrogen-bond acceptors (Lipinski definition) is 5. The molecule has 4 rings (SSSR count). The molecule has 0 unspecified atom stereocenters. The Bertz CT molecular complexity index is 840. The molecule has 0 spiro atoms. The molecular formula is C27H41N3O4. The van der Waals surface area contributed by atoms with Gasteiger partial charge in [0.15, 0.2) is 6.10 Å². The number of nitrogens with zero attached hydrogens (tertiary/aromatic N) is 2. The molecule has 2 saturated heterocycles. The fraction of sp³-hybridized carbons (Fsp3) is 0.704. The van der Waals surface area contributed by atoms with Gasteiger partial charge in [-0.3, -0.25) is 14.5 Å². The van der Waals surface area contributed by atoms with Crippen LogP contribution in [-0.4, -0.2) is 76.3 Å². The zero-order chi connectivity index (χ0) is 24.2. The second-order valence-corrected chi connectivity index (χ2v) is 10.9. The second kappa shape index (κ2) is 11.2. The van der Waals surface area contributed by atoms with Crippen molar-refractivity contribution in [2.24, 2.45) is 17.6 Å². The van der Waals surface area contributed by atoms with Crippen LogP contribution in [0.25, 0.3) is 0 Å². The van der Waals surface area contributed by atoms with Gasteiger partial charge in [-0.05, 0) is 74.0 Å². The Labute approximate surface area is 203 Å². The maximum Gasteiger partial charge on any atom is 0.253 e. The Hall–Kier alpha value is -1.96. The van der Waals surface area contributed by atoms with E-state index in [1.165, 1.54) is 18.4 Å². The standard InChI is InChI=1S/C27H41N3O4/c1-18-5-7-19(8-6-18)16-29(27(34)25(32)17-31)11-12-30-23-9-10-24(30)15-22(14-23)20-3-2-4-21(13-20)26(28)33/h2-4,13,18-19,22-25,31-32H,5-12,14-17H2,1H3,(H2,28,33)/t18?,19?,22-,23+,24-,25-/m0/s1. The van der Waals surface area contributed by atoms with Gasteiger partial charge in [0.25, 0.3) is 5.91 Å². The van der Waals surface area contributed by atoms with E-state index in [9.17, 15) is 19.8 Å². The highest BCUT2D eigenvalue weighted by Gasteiger charge is 2.41. The molecular weight excluding hydrogens is 430 g/mol. The normalized spacial score (nSPS) is 30.1. The highest BCUT2D eigenvalue weighted by atomic mass is 16.3. The Balaban J connectivity index is 1.38. The van der Waals surface area contributed by atoms with Crippen LogP contribution in [-0.2, 0) is 4.79 Å². The van der Waals surface area contributed by atoms with Crippen LogP contribution in [0.2, 0.25) is 0 Å². The third kappa shape index (κ3) is 5.81. The molecule has 7 nitrogen and oxygen atoms in total. The number of piperidine rings is 1. The third-order valence-corrected chi connectivity index (χ3v) is 8.54. The molecule has 0 aromatic heterocycles. The lowest BCUT2D eigenvalue weighted by Gasteiger charge is -2.41. The quantitative estimate of drug-likeness (QED) is 0.513. The van der Waals surface area contributed by atoms with Crippen molar-refractivity contribution < 1.29 is 19.8 Å². The van der Waals surface area contributed by atoms with Crippen molar-refractivity contribution >= 4 is 11.8 Å². The van der Waals surface area contributed by atoms with Crippen LogP contribution in [0.15, 0.2) is 24.3 Å². The molecule has 1 saturated carbocycles. The summed E-state index contributed by atoms with van der Waals surface area (Å²) in [4.78, 5) is 28.8. The lowest BCUT2D eigenvalue weighted by atomic mass is 9.82. The van der Waals surface area contributed by atoms with Gasteiger partial charge in [0, 0.05) is 37.3 Å². The molecule has 34 heavy (non-hydrogen) atoms. The van der Waals surface area contributed by atoms with Gasteiger partial charge in [-0.25, -0.2) is 0 Å². The molecule has 1 aliphatic carbocycles. The fourth-order valence-electron chi connectivity index (χ4n) is 6.50. The first-order valence-electron chi connectivity index (χ1n) is 13.1. The lowest BCUT2D eigenvalue weighted by molar-refractivity contribution is -0.143. The Morgan fingerprint density at radius 2 is 1.79 bits per heavy atom. The van der Waals surface area contributed by atoms with E-state index in [-0.39, 0.29) is 11.8 Å². The van der Waals surface area contributed by atoms with E-state index in [1.54, 1.807) is 6.07 Å². The Kier molecular flexibility index (Phi) is 8.27. The number of rotatable bonds is 9. The summed E-state index contributed by atoms with van der Waals surface area (Å²) in [6.07, 6.45) is 7.73. The predicted octanol–water partition coefficient (Wildman–Crippen LogP) is 2.50. The first kappa shape index (κ1) is 25.1. The Morgan fingerprint density at radius 1 is 1.12 bits per heavy atom. The number of carbonyl (C=O) groups is 2. The van der Waals surface area contributed by atoms with E-state index in [4.69, 9.17) is 5.73 Å². The van der Waals surface area contributed by atoms with Crippen LogP contribution in [0.4, 0.5) is 0 Å². The molecule has 3 aliphatic rings. The van der Waals surface area contributed by atoms with Gasteiger partial charge in [-0.15, -0.1) is 0 Å². The van der Waals surface area contributed by atoms with Gasteiger partial charge < -0.3 is 20.8 Å². The summed E-state index contributed by atoms with van der Waals surface area (Å²) in [5.74, 6) is 0.928. The van der Waals surface area contributed by atoms with Crippen molar-refractivity contribution in [1.82, 2.24) is 9.80 Å². The molecule has 7 heteroatoms. The van der Waals surface area contributed by atoms with E-state index < -0.39 is 12.7 Å². The van der Waals surface area contributed by atoms with E-state index in [0.29, 0.717) is 42.6 Å². The van der Waals surface area contributed by atoms with Crippen LogP contribution < -0.4 is 5.73 Å². The van der Waals surface area contributed by atoms with Crippen molar-refractivity contribution in [1.29, 1.82) is 0 Å². The molecule has 2 aliphatic heterocycles. The number of fused-ring (bicyclic) bond motifs is 2. The van der Waals surface area contributed by atoms with Crippen LogP contribution in [0.1, 0.15) is 80.1 Å². The Morgan fingerprint density at radius 3 is 2.41 bits per heavy atom. The van der Waals surface area contributed by atoms with E-state index in [1.807, 2.05) is 17.0 Å². The van der Waals surface area contributed by atoms with Crippen LogP contribution in [0.5, 0.6) is 0 Å². The molecule has 2 amide bonds. The summed E-state index contributed by atoms with van der Waals surface area (Å²) < 4.78 is 0. The van der Waals surface area contributed by atoms with E-state index in [0.717, 1.165) is 51.0 Å². The highest BCUT2D eigenvalue weighted by molar-refractivity contribution is 5.92. The van der Waals surface area contributed by atoms with Gasteiger partial charge in [0.2, 0.25) is 5.91 Å². The first-order valence-corrected chi connectivity index (χ1v) is 13.1. The minimum Gasteiger partial charge on any atom is -0.393 e. The number of hydrogen-bond donors (Lipinski definition) is 3. The molecule has 2 bridgehead atoms. The largest absolute Gasteiger partial charge is 0.393 e. The number of aliphatic hydroxyl groups excluding tert-OH is 2. The predicted molar refractivity (Wildman–Crippen MR) is 131 cm³/mol. The molecule has 4 N–H and O–H groups in total. The van der Waals surface area contributed by atoms with Crippen molar-refractivity contribution in [3.8, 4) is 0 Å². The molecule has 4 atom stereocenters. The van der Waals surface area contributed by atoms with Crippen LogP contribution >= 0.6 is 0 Å². The van der Waals surface area contributed by atoms with E-state index in [2.05, 4.69) is 17.9 Å². The summed E-state index contributed by atoms with van der Waals surface area (Å²) in [5, 5.41) is 19.4. The number of nitrogens with two attached hydrogens (primary N) is 1. The summed E-state index contributed by atoms with van der Waals surface area (Å²) in [5.41, 5.74) is 7.25. The molecule has 0 radical (unpaired) electrons. The van der Waals surface area contributed by atoms with Crippen LogP contribution in [0.3, 0.4) is 0 Å². The van der Waals surface area contributed by atoms with Crippen molar-refractivity contribution in [3.63, 3.8) is 0 Å². The minimum absolute atomic E-state index is 0.341. The minimum atomic E-state index is -1.33. The summed E-state index contributed by atoms with van der Waals surface area (Å²) in [7, 11) is 0. The van der Waals surface area contributed by atoms with Crippen LogP contribution in [0, 0.1) is 11.8 Å². The number of benzene rings is 1. The average Bonchev–Trinajstić information content (AvgIpc) is 3.08. The van der Waals surface area contributed by atoms with Gasteiger partial charge in [0.1, 0.15) is 0 Å². The first-order chi connectivity index (χ1) is 16.4. The zero-order valence-electron chi connectivity index (χ0n) is 20.4. The smallest absolute Gasteiger partial charge is 0.253 e. The summed E-state index contributed by atoms with van der Waals surface area (Å²) >= 11 is 0. The maximum atomic E-state index is 12.8. The summed E-state index contributed by atoms with van der Waals surface area (Å²) in [6, 6.07) is 8.69. The zero-order valence-corrected chi connectivity index (χ0v) is 20.4. The van der Waals surface area contributed by atoms with Gasteiger partial charge in [0.05, 0.1) is 6.61 Å². The topological polar surface area (TPSA) is 107 Å². The molecule has 1 aromatic carbocycles. The number of carbonyl (C=O) groups excluding carboxylic acids is 2. The van der Waals surface area contributed by atoms with Crippen molar-refractivity contribution in [3.05, 3.63) is 35.4 Å². The number of amides is 2. The summed E-state index contributed by atoms with van der Waals surface area (Å²) in [6.45, 7) is 3.83. The number of primary amides is 1. The highest BCUT2D eigenvalue weighted by Crippen LogP contribution is 2.43. The van der Waals surface area contributed by atoms with Crippen molar-refractivity contribution in [2.75, 3.05) is 26.2 Å². The number of aliphatic hydroxyl groups is 2. The SMILES string of the molecule is CC1CCC(CN(CCN2[C@@H]3CC[C@H]2C[C@@H](c2cccc(C(N)=O)c2)C3)C(=O)[C@@H](O)CO)CC1. The molecule has 188 valence electrons. The second-order valence-electron chi connectivity index (χ2n) is 10.9. The van der Waals surface area contributed by atoms with E-state index >= 15 is 0 Å². The van der Waals surface area contributed by atoms with Crippen molar-refractivity contribution in [2.45, 2.75) is 82.4 Å². The monoisotopic (exact) mass is 471 g/mol. The maximum absolute atomic E-state index is 12.8. The molecule has 3 fully saturated rings. The third-order valence-electron chi connectivity index (χ3n) is 8.54. The average molecular weight is 472 g/mol. The molecule has 1 aromatic rings. The van der Waals surface area contributed by atoms with Gasteiger partial charge in [-0.2, -0.15) is 0 Å². The van der Waals surface area contributed by atoms with Gasteiger partial charge in [-0.1, -0.05) is 31.9 Å². The lowest BCUT2D eigenvalue weighted by Crippen LogP contribution is -2.50. The van der Waals surface area contributed by atoms with Gasteiger partial charge >= 0.3 is 0 Å². The fourth-order valence-corrected chi connectivity index (χ4v) is 6.50. The molecule has 2 heterocycles.